The van der Waals surface area contributed by atoms with Crippen LogP contribution in [0.15, 0.2) is 48.5 Å². The predicted octanol–water partition coefficient (Wildman–Crippen LogP) is 3.59. The maximum atomic E-state index is 5.98. The molecule has 2 aromatic rings. The summed E-state index contributed by atoms with van der Waals surface area (Å²) in [6.07, 6.45) is -0.109. The largest absolute Gasteiger partial charge is 0.372 e. The number of hydrogen-bond donors (Lipinski definition) is 2. The molecule has 0 aromatic heterocycles. The molecule has 2 unspecified atom stereocenters. The van der Waals surface area contributed by atoms with Crippen LogP contribution in [0.25, 0.3) is 0 Å². The Labute approximate surface area is 127 Å². The van der Waals surface area contributed by atoms with Crippen molar-refractivity contribution < 1.29 is 4.74 Å². The molecule has 0 spiro atoms. The van der Waals surface area contributed by atoms with Gasteiger partial charge in [0.2, 0.25) is 0 Å². The summed E-state index contributed by atoms with van der Waals surface area (Å²) in [5.74, 6) is 5.85. The fraction of sp³-hybridized carbons (Fsp3) is 0.333. The molecule has 3 heteroatoms. The van der Waals surface area contributed by atoms with Crippen LogP contribution in [0, 0.1) is 13.8 Å². The van der Waals surface area contributed by atoms with Crippen LogP contribution < -0.4 is 11.3 Å². The minimum Gasteiger partial charge on any atom is -0.372 e. The molecule has 2 rings (SSSR count). The van der Waals surface area contributed by atoms with E-state index < -0.39 is 0 Å². The lowest BCUT2D eigenvalue weighted by atomic mass is 9.92. The van der Waals surface area contributed by atoms with E-state index in [4.69, 9.17) is 10.6 Å². The van der Waals surface area contributed by atoms with Gasteiger partial charge in [-0.3, -0.25) is 5.84 Å². The number of ether oxygens (including phenoxy) is 1. The molecule has 112 valence electrons. The summed E-state index contributed by atoms with van der Waals surface area (Å²) in [5, 5.41) is 0. The van der Waals surface area contributed by atoms with Gasteiger partial charge in [0.05, 0.1) is 6.04 Å². The van der Waals surface area contributed by atoms with Gasteiger partial charge < -0.3 is 4.74 Å². The molecule has 0 bridgehead atoms. The molecule has 2 aromatic carbocycles. The van der Waals surface area contributed by atoms with Gasteiger partial charge in [0.1, 0.15) is 6.10 Å². The summed E-state index contributed by atoms with van der Waals surface area (Å²) in [6, 6.07) is 16.6. The van der Waals surface area contributed by atoms with Crippen LogP contribution in [0.3, 0.4) is 0 Å². The molecule has 3 nitrogen and oxygen atoms in total. The van der Waals surface area contributed by atoms with E-state index >= 15 is 0 Å². The Morgan fingerprint density at radius 2 is 1.81 bits per heavy atom. The summed E-state index contributed by atoms with van der Waals surface area (Å²) in [6.45, 7) is 6.85. The maximum Gasteiger partial charge on any atom is 0.103 e. The molecule has 0 aliphatic rings. The fourth-order valence-corrected chi connectivity index (χ4v) is 2.72. The smallest absolute Gasteiger partial charge is 0.103 e. The molecule has 0 fully saturated rings. The van der Waals surface area contributed by atoms with Gasteiger partial charge in [0.25, 0.3) is 0 Å². The summed E-state index contributed by atoms with van der Waals surface area (Å²) in [5.41, 5.74) is 7.71. The number of aryl methyl sites for hydroxylation is 2. The molecule has 0 amide bonds. The quantitative estimate of drug-likeness (QED) is 0.629. The average Bonchev–Trinajstić information content (AvgIpc) is 2.50. The monoisotopic (exact) mass is 284 g/mol. The second kappa shape index (κ2) is 7.36. The Kier molecular flexibility index (Phi) is 5.51. The lowest BCUT2D eigenvalue weighted by Gasteiger charge is -2.28. The maximum absolute atomic E-state index is 5.98. The summed E-state index contributed by atoms with van der Waals surface area (Å²) >= 11 is 0. The van der Waals surface area contributed by atoms with Gasteiger partial charge in [-0.1, -0.05) is 54.1 Å². The second-order valence-corrected chi connectivity index (χ2v) is 5.29. The van der Waals surface area contributed by atoms with Crippen molar-refractivity contribution in [1.29, 1.82) is 0 Å². The number of nitrogens with one attached hydrogen (secondary N) is 1. The van der Waals surface area contributed by atoms with Crippen LogP contribution in [-0.2, 0) is 4.74 Å². The number of benzene rings is 2. The fourth-order valence-electron chi connectivity index (χ4n) is 2.72. The topological polar surface area (TPSA) is 47.3 Å². The van der Waals surface area contributed by atoms with Gasteiger partial charge in [-0.15, -0.1) is 0 Å². The van der Waals surface area contributed by atoms with E-state index in [1.165, 1.54) is 16.7 Å². The zero-order valence-electron chi connectivity index (χ0n) is 13.0. The van der Waals surface area contributed by atoms with E-state index in [2.05, 4.69) is 49.6 Å². The van der Waals surface area contributed by atoms with Crippen LogP contribution >= 0.6 is 0 Å². The third-order valence-electron chi connectivity index (χ3n) is 3.72. The Morgan fingerprint density at radius 1 is 1.10 bits per heavy atom. The SMILES string of the molecule is CCOC(c1ccccc1)C(NN)c1ccc(C)cc1C. The van der Waals surface area contributed by atoms with E-state index in [-0.39, 0.29) is 12.1 Å². The van der Waals surface area contributed by atoms with E-state index in [1.807, 2.05) is 25.1 Å². The van der Waals surface area contributed by atoms with Gasteiger partial charge in [0.15, 0.2) is 0 Å². The number of nitrogens with two attached hydrogens (primary N) is 1. The molecule has 3 N–H and O–H groups in total. The predicted molar refractivity (Wildman–Crippen MR) is 86.8 cm³/mol. The van der Waals surface area contributed by atoms with Crippen LogP contribution in [0.1, 0.15) is 41.3 Å². The normalized spacial score (nSPS) is 13.9. The first-order chi connectivity index (χ1) is 10.2. The van der Waals surface area contributed by atoms with Gasteiger partial charge in [-0.2, -0.15) is 0 Å². The standard InChI is InChI=1S/C18H24N2O/c1-4-21-18(15-8-6-5-7-9-15)17(20-19)16-11-10-13(2)12-14(16)3/h5-12,17-18,20H,4,19H2,1-3H3. The summed E-state index contributed by atoms with van der Waals surface area (Å²) < 4.78 is 5.98. The molecule has 0 aliphatic carbocycles. The third-order valence-corrected chi connectivity index (χ3v) is 3.72. The molecule has 0 radical (unpaired) electrons. The molecule has 0 saturated heterocycles. The lowest BCUT2D eigenvalue weighted by molar-refractivity contribution is 0.0325. The van der Waals surface area contributed by atoms with Gasteiger partial charge >= 0.3 is 0 Å². The highest BCUT2D eigenvalue weighted by Crippen LogP contribution is 2.33. The highest BCUT2D eigenvalue weighted by atomic mass is 16.5. The molecule has 0 aliphatic heterocycles. The Balaban J connectivity index is 2.40. The number of rotatable bonds is 6. The Hall–Kier alpha value is -1.68. The number of hydrazine groups is 1. The molecule has 0 saturated carbocycles. The summed E-state index contributed by atoms with van der Waals surface area (Å²) in [4.78, 5) is 0. The summed E-state index contributed by atoms with van der Waals surface area (Å²) in [7, 11) is 0. The van der Waals surface area contributed by atoms with Crippen molar-refractivity contribution in [2.75, 3.05) is 6.61 Å². The van der Waals surface area contributed by atoms with Gasteiger partial charge in [0, 0.05) is 6.61 Å². The second-order valence-electron chi connectivity index (χ2n) is 5.29. The zero-order valence-corrected chi connectivity index (χ0v) is 13.0. The zero-order chi connectivity index (χ0) is 15.2. The first-order valence-corrected chi connectivity index (χ1v) is 7.37. The van der Waals surface area contributed by atoms with Crippen LogP contribution in [0.2, 0.25) is 0 Å². The van der Waals surface area contributed by atoms with Crippen molar-refractivity contribution in [3.8, 4) is 0 Å². The number of hydrogen-bond acceptors (Lipinski definition) is 3. The third kappa shape index (κ3) is 3.70. The van der Waals surface area contributed by atoms with Gasteiger partial charge in [-0.25, -0.2) is 5.43 Å². The molecule has 2 atom stereocenters. The Bertz CT molecular complexity index is 569. The molecular formula is C18H24N2O. The van der Waals surface area contributed by atoms with Crippen molar-refractivity contribution in [3.63, 3.8) is 0 Å². The first kappa shape index (κ1) is 15.7. The minimum atomic E-state index is -0.109. The van der Waals surface area contributed by atoms with Crippen molar-refractivity contribution in [2.45, 2.75) is 32.9 Å². The van der Waals surface area contributed by atoms with Crippen molar-refractivity contribution in [2.24, 2.45) is 5.84 Å². The lowest BCUT2D eigenvalue weighted by Crippen LogP contribution is -2.34. The molecular weight excluding hydrogens is 260 g/mol. The first-order valence-electron chi connectivity index (χ1n) is 7.37. The average molecular weight is 284 g/mol. The van der Waals surface area contributed by atoms with E-state index in [1.54, 1.807) is 0 Å². The Morgan fingerprint density at radius 3 is 2.38 bits per heavy atom. The van der Waals surface area contributed by atoms with E-state index in [0.717, 1.165) is 5.56 Å². The molecule has 21 heavy (non-hydrogen) atoms. The van der Waals surface area contributed by atoms with Crippen LogP contribution in [0.4, 0.5) is 0 Å². The van der Waals surface area contributed by atoms with Crippen molar-refractivity contribution in [1.82, 2.24) is 5.43 Å². The minimum absolute atomic E-state index is 0.0760. The van der Waals surface area contributed by atoms with Crippen molar-refractivity contribution >= 4 is 0 Å². The van der Waals surface area contributed by atoms with E-state index in [9.17, 15) is 0 Å². The van der Waals surface area contributed by atoms with Crippen LogP contribution in [-0.4, -0.2) is 6.61 Å². The van der Waals surface area contributed by atoms with Gasteiger partial charge in [-0.05, 0) is 37.5 Å². The van der Waals surface area contributed by atoms with Crippen molar-refractivity contribution in [3.05, 3.63) is 70.8 Å². The highest BCUT2D eigenvalue weighted by Gasteiger charge is 2.25. The highest BCUT2D eigenvalue weighted by molar-refractivity contribution is 5.35. The van der Waals surface area contributed by atoms with Crippen LogP contribution in [0.5, 0.6) is 0 Å². The molecule has 0 heterocycles. The van der Waals surface area contributed by atoms with E-state index in [0.29, 0.717) is 6.61 Å².